The van der Waals surface area contributed by atoms with Gasteiger partial charge in [0.15, 0.2) is 0 Å². The van der Waals surface area contributed by atoms with Crippen molar-refractivity contribution in [3.05, 3.63) is 53.6 Å². The molecule has 1 heterocycles. The van der Waals surface area contributed by atoms with Gasteiger partial charge in [-0.05, 0) is 50.1 Å². The molecule has 0 bridgehead atoms. The second-order valence-electron chi connectivity index (χ2n) is 6.15. The number of fused-ring (bicyclic) bond motifs is 1. The summed E-state index contributed by atoms with van der Waals surface area (Å²) >= 11 is 0. The molecule has 0 radical (unpaired) electrons. The number of nitrogens with two attached hydrogens (primary N) is 1. The van der Waals surface area contributed by atoms with Gasteiger partial charge in [-0.25, -0.2) is 4.98 Å². The molecule has 0 aliphatic rings. The summed E-state index contributed by atoms with van der Waals surface area (Å²) in [5.74, 6) is 0.325. The topological polar surface area (TPSA) is 82.2 Å². The Balaban J connectivity index is 0.00000261. The maximum atomic E-state index is 12.7. The Labute approximate surface area is 165 Å². The van der Waals surface area contributed by atoms with Crippen LogP contribution in [-0.2, 0) is 11.3 Å². The van der Waals surface area contributed by atoms with Crippen molar-refractivity contribution in [1.82, 2.24) is 9.55 Å². The summed E-state index contributed by atoms with van der Waals surface area (Å²) in [6.07, 6.45) is 0.842. The number of nitrogen functional groups attached to an aromatic ring is 1. The van der Waals surface area contributed by atoms with E-state index in [0.29, 0.717) is 37.0 Å². The van der Waals surface area contributed by atoms with Gasteiger partial charge in [0.2, 0.25) is 5.95 Å². The number of hydrogen-bond acceptors (Lipinski definition) is 4. The number of amides is 1. The van der Waals surface area contributed by atoms with Crippen LogP contribution >= 0.6 is 12.4 Å². The third kappa shape index (κ3) is 4.78. The molecule has 3 aromatic rings. The van der Waals surface area contributed by atoms with Crippen molar-refractivity contribution in [1.29, 1.82) is 0 Å². The van der Waals surface area contributed by atoms with Crippen LogP contribution in [0.1, 0.15) is 29.3 Å². The number of ether oxygens (including phenoxy) is 1. The molecule has 0 fully saturated rings. The second-order valence-corrected chi connectivity index (χ2v) is 6.15. The van der Waals surface area contributed by atoms with Crippen LogP contribution in [0, 0.1) is 6.92 Å². The monoisotopic (exact) mass is 388 g/mol. The Bertz CT molecular complexity index is 923. The fourth-order valence-corrected chi connectivity index (χ4v) is 2.92. The van der Waals surface area contributed by atoms with E-state index in [1.165, 1.54) is 0 Å². The van der Waals surface area contributed by atoms with Crippen molar-refractivity contribution >= 4 is 41.0 Å². The minimum Gasteiger partial charge on any atom is -0.399 e. The predicted molar refractivity (Wildman–Crippen MR) is 112 cm³/mol. The molecule has 0 aliphatic heterocycles. The fourth-order valence-electron chi connectivity index (χ4n) is 2.92. The van der Waals surface area contributed by atoms with Crippen LogP contribution in [0.25, 0.3) is 11.0 Å². The van der Waals surface area contributed by atoms with E-state index in [0.717, 1.165) is 23.0 Å². The zero-order chi connectivity index (χ0) is 18.5. The molecule has 3 N–H and O–H groups in total. The quantitative estimate of drug-likeness (QED) is 0.473. The highest BCUT2D eigenvalue weighted by Gasteiger charge is 2.15. The molecule has 27 heavy (non-hydrogen) atoms. The largest absolute Gasteiger partial charge is 0.399 e. The first-order valence-electron chi connectivity index (χ1n) is 8.80. The van der Waals surface area contributed by atoms with Gasteiger partial charge >= 0.3 is 0 Å². The molecule has 6 nitrogen and oxygen atoms in total. The van der Waals surface area contributed by atoms with E-state index in [1.54, 1.807) is 12.1 Å². The third-order valence-electron chi connectivity index (χ3n) is 4.26. The zero-order valence-corrected chi connectivity index (χ0v) is 16.4. The molecule has 0 saturated heterocycles. The fraction of sp³-hybridized carbons (Fsp3) is 0.300. The lowest BCUT2D eigenvalue weighted by atomic mass is 10.1. The van der Waals surface area contributed by atoms with Crippen LogP contribution in [0.4, 0.5) is 11.6 Å². The SMILES string of the molecule is CCOCCCn1c(NC(=O)c2cc(N)ccc2C)nc2ccccc21.Cl. The molecular weight excluding hydrogens is 364 g/mol. The van der Waals surface area contributed by atoms with Gasteiger partial charge in [-0.1, -0.05) is 18.2 Å². The number of carbonyl (C=O) groups is 1. The Morgan fingerprint density at radius 1 is 1.26 bits per heavy atom. The number of rotatable bonds is 7. The predicted octanol–water partition coefficient (Wildman–Crippen LogP) is 4.03. The number of benzene rings is 2. The first-order valence-corrected chi connectivity index (χ1v) is 8.80. The number of nitrogens with one attached hydrogen (secondary N) is 1. The highest BCUT2D eigenvalue weighted by Crippen LogP contribution is 2.21. The molecule has 3 rings (SSSR count). The maximum absolute atomic E-state index is 12.7. The van der Waals surface area contributed by atoms with Crippen molar-refractivity contribution in [2.45, 2.75) is 26.8 Å². The molecule has 144 valence electrons. The minimum absolute atomic E-state index is 0. The molecule has 0 saturated carbocycles. The van der Waals surface area contributed by atoms with Gasteiger partial charge in [-0.3, -0.25) is 10.1 Å². The number of nitrogens with zero attached hydrogens (tertiary/aromatic N) is 2. The molecule has 0 unspecified atom stereocenters. The van der Waals surface area contributed by atoms with E-state index >= 15 is 0 Å². The first kappa shape index (κ1) is 20.7. The normalized spacial score (nSPS) is 10.6. The number of para-hydroxylation sites is 2. The lowest BCUT2D eigenvalue weighted by Gasteiger charge is -2.11. The van der Waals surface area contributed by atoms with E-state index in [1.807, 2.05) is 48.7 Å². The summed E-state index contributed by atoms with van der Waals surface area (Å²) in [5, 5.41) is 2.94. The number of anilines is 2. The van der Waals surface area contributed by atoms with Crippen molar-refractivity contribution < 1.29 is 9.53 Å². The Kier molecular flexibility index (Phi) is 7.21. The lowest BCUT2D eigenvalue weighted by molar-refractivity contribution is 0.102. The molecule has 0 atom stereocenters. The zero-order valence-electron chi connectivity index (χ0n) is 15.6. The number of hydrogen-bond donors (Lipinski definition) is 2. The summed E-state index contributed by atoms with van der Waals surface area (Å²) in [6, 6.07) is 13.2. The van der Waals surface area contributed by atoms with Crippen molar-refractivity contribution in [2.75, 3.05) is 24.3 Å². The van der Waals surface area contributed by atoms with Crippen molar-refractivity contribution in [3.8, 4) is 0 Å². The smallest absolute Gasteiger partial charge is 0.258 e. The first-order chi connectivity index (χ1) is 12.6. The van der Waals surface area contributed by atoms with Crippen molar-refractivity contribution in [2.24, 2.45) is 0 Å². The Morgan fingerprint density at radius 2 is 2.04 bits per heavy atom. The summed E-state index contributed by atoms with van der Waals surface area (Å²) in [7, 11) is 0. The van der Waals surface area contributed by atoms with Gasteiger partial charge in [0, 0.05) is 31.0 Å². The molecule has 1 aromatic heterocycles. The maximum Gasteiger partial charge on any atom is 0.258 e. The number of carbonyl (C=O) groups excluding carboxylic acids is 1. The van der Waals surface area contributed by atoms with Crippen LogP contribution in [0.15, 0.2) is 42.5 Å². The molecule has 7 heteroatoms. The standard InChI is InChI=1S/C20H24N4O2.ClH/c1-3-26-12-6-11-24-18-8-5-4-7-17(18)22-20(24)23-19(25)16-13-15(21)10-9-14(16)2;/h4-5,7-10,13H,3,6,11-12,21H2,1-2H3,(H,22,23,25);1H. The van der Waals surface area contributed by atoms with Gasteiger partial charge in [-0.15, -0.1) is 12.4 Å². The molecule has 1 amide bonds. The number of imidazole rings is 1. The van der Waals surface area contributed by atoms with Crippen LogP contribution in [0.2, 0.25) is 0 Å². The number of aryl methyl sites for hydroxylation is 2. The van der Waals surface area contributed by atoms with Gasteiger partial charge in [-0.2, -0.15) is 0 Å². The Morgan fingerprint density at radius 3 is 2.81 bits per heavy atom. The van der Waals surface area contributed by atoms with Crippen LogP contribution < -0.4 is 11.1 Å². The average Bonchev–Trinajstić information content (AvgIpc) is 2.98. The summed E-state index contributed by atoms with van der Waals surface area (Å²) in [4.78, 5) is 17.3. The summed E-state index contributed by atoms with van der Waals surface area (Å²) < 4.78 is 7.45. The van der Waals surface area contributed by atoms with Gasteiger partial charge in [0.25, 0.3) is 5.91 Å². The summed E-state index contributed by atoms with van der Waals surface area (Å²) in [5.41, 5.74) is 9.65. The minimum atomic E-state index is -0.212. The van der Waals surface area contributed by atoms with Gasteiger partial charge in [0.05, 0.1) is 11.0 Å². The van der Waals surface area contributed by atoms with Crippen molar-refractivity contribution in [3.63, 3.8) is 0 Å². The molecule has 0 aliphatic carbocycles. The van der Waals surface area contributed by atoms with E-state index < -0.39 is 0 Å². The third-order valence-corrected chi connectivity index (χ3v) is 4.26. The lowest BCUT2D eigenvalue weighted by Crippen LogP contribution is -2.17. The van der Waals surface area contributed by atoms with Crippen LogP contribution in [0.5, 0.6) is 0 Å². The highest BCUT2D eigenvalue weighted by atomic mass is 35.5. The molecule has 0 spiro atoms. The molecular formula is C20H25ClN4O2. The second kappa shape index (κ2) is 9.39. The van der Waals surface area contributed by atoms with Crippen LogP contribution in [0.3, 0.4) is 0 Å². The van der Waals surface area contributed by atoms with E-state index in [4.69, 9.17) is 10.5 Å². The van der Waals surface area contributed by atoms with Gasteiger partial charge < -0.3 is 15.0 Å². The molecule has 2 aromatic carbocycles. The number of aromatic nitrogens is 2. The van der Waals surface area contributed by atoms with E-state index in [-0.39, 0.29) is 18.3 Å². The summed E-state index contributed by atoms with van der Waals surface area (Å²) in [6.45, 7) is 5.95. The number of halogens is 1. The van der Waals surface area contributed by atoms with Crippen LogP contribution in [-0.4, -0.2) is 28.7 Å². The van der Waals surface area contributed by atoms with E-state index in [9.17, 15) is 4.79 Å². The highest BCUT2D eigenvalue weighted by molar-refractivity contribution is 6.05. The average molecular weight is 389 g/mol. The Hall–Kier alpha value is -2.57. The van der Waals surface area contributed by atoms with Gasteiger partial charge in [0.1, 0.15) is 0 Å². The van der Waals surface area contributed by atoms with E-state index in [2.05, 4.69) is 10.3 Å².